The summed E-state index contributed by atoms with van der Waals surface area (Å²) in [4.78, 5) is 15.8. The van der Waals surface area contributed by atoms with E-state index in [9.17, 15) is 4.79 Å². The van der Waals surface area contributed by atoms with Crippen LogP contribution in [-0.4, -0.2) is 16.2 Å². The Balaban J connectivity index is 1.96. The molecule has 1 aromatic heterocycles. The first kappa shape index (κ1) is 13.4. The third-order valence-electron chi connectivity index (χ3n) is 2.40. The molecule has 0 spiro atoms. The second-order valence-corrected chi connectivity index (χ2v) is 4.38. The standard InChI is InChI=1S/C12H13ClN4O2/c1-7(11-15-8(2)19-17-11)14-12(18)16-10-6-4-3-5-9(10)13/h3-7H,1-2H3,(H2,14,16,18). The van der Waals surface area contributed by atoms with Gasteiger partial charge in [-0.25, -0.2) is 4.79 Å². The summed E-state index contributed by atoms with van der Waals surface area (Å²) < 4.78 is 4.85. The molecule has 0 bridgehead atoms. The number of halogens is 1. The van der Waals surface area contributed by atoms with Crippen molar-refractivity contribution < 1.29 is 9.32 Å². The van der Waals surface area contributed by atoms with Crippen molar-refractivity contribution >= 4 is 23.3 Å². The van der Waals surface area contributed by atoms with Gasteiger partial charge in [-0.2, -0.15) is 4.98 Å². The molecule has 7 heteroatoms. The van der Waals surface area contributed by atoms with Crippen LogP contribution in [0.3, 0.4) is 0 Å². The SMILES string of the molecule is Cc1nc(C(C)NC(=O)Nc2ccccc2Cl)no1. The second-order valence-electron chi connectivity index (χ2n) is 3.97. The van der Waals surface area contributed by atoms with Gasteiger partial charge in [0.1, 0.15) is 0 Å². The molecule has 0 saturated carbocycles. The number of hydrogen-bond acceptors (Lipinski definition) is 4. The maximum atomic E-state index is 11.8. The number of urea groups is 1. The zero-order chi connectivity index (χ0) is 13.8. The number of anilines is 1. The van der Waals surface area contributed by atoms with E-state index in [4.69, 9.17) is 16.1 Å². The number of amides is 2. The topological polar surface area (TPSA) is 80.0 Å². The number of nitrogens with zero attached hydrogens (tertiary/aromatic N) is 2. The Morgan fingerprint density at radius 1 is 1.42 bits per heavy atom. The van der Waals surface area contributed by atoms with E-state index in [2.05, 4.69) is 20.8 Å². The monoisotopic (exact) mass is 280 g/mol. The van der Waals surface area contributed by atoms with Crippen LogP contribution < -0.4 is 10.6 Å². The second kappa shape index (κ2) is 5.71. The lowest BCUT2D eigenvalue weighted by atomic mass is 10.3. The molecule has 1 atom stereocenters. The lowest BCUT2D eigenvalue weighted by Gasteiger charge is -2.12. The predicted molar refractivity (Wildman–Crippen MR) is 71.1 cm³/mol. The molecule has 0 aliphatic heterocycles. The van der Waals surface area contributed by atoms with E-state index >= 15 is 0 Å². The predicted octanol–water partition coefficient (Wildman–Crippen LogP) is 2.91. The van der Waals surface area contributed by atoms with Crippen molar-refractivity contribution in [1.29, 1.82) is 0 Å². The molecular weight excluding hydrogens is 268 g/mol. The number of para-hydroxylation sites is 1. The van der Waals surface area contributed by atoms with Crippen LogP contribution in [0.1, 0.15) is 24.7 Å². The Labute approximate surface area is 115 Å². The number of nitrogens with one attached hydrogen (secondary N) is 2. The number of aromatic nitrogens is 2. The third kappa shape index (κ3) is 3.45. The molecule has 6 nitrogen and oxygen atoms in total. The first-order valence-electron chi connectivity index (χ1n) is 5.68. The average Bonchev–Trinajstić information content (AvgIpc) is 2.79. The van der Waals surface area contributed by atoms with E-state index in [1.165, 1.54) is 0 Å². The quantitative estimate of drug-likeness (QED) is 0.906. The maximum Gasteiger partial charge on any atom is 0.319 e. The van der Waals surface area contributed by atoms with Gasteiger partial charge in [-0.1, -0.05) is 28.9 Å². The highest BCUT2D eigenvalue weighted by Crippen LogP contribution is 2.20. The molecule has 2 amide bonds. The van der Waals surface area contributed by atoms with Gasteiger partial charge in [-0.15, -0.1) is 0 Å². The Kier molecular flexibility index (Phi) is 4.01. The number of carbonyl (C=O) groups excluding carboxylic acids is 1. The summed E-state index contributed by atoms with van der Waals surface area (Å²) in [5.74, 6) is 0.877. The zero-order valence-electron chi connectivity index (χ0n) is 10.5. The number of rotatable bonds is 3. The van der Waals surface area contributed by atoms with Gasteiger partial charge >= 0.3 is 6.03 Å². The minimum absolute atomic E-state index is 0.361. The molecule has 2 N–H and O–H groups in total. The lowest BCUT2D eigenvalue weighted by Crippen LogP contribution is -2.31. The fourth-order valence-corrected chi connectivity index (χ4v) is 1.66. The van der Waals surface area contributed by atoms with Gasteiger partial charge in [0.25, 0.3) is 0 Å². The fourth-order valence-electron chi connectivity index (χ4n) is 1.47. The van der Waals surface area contributed by atoms with Gasteiger partial charge in [0.15, 0.2) is 5.82 Å². The molecule has 0 fully saturated rings. The van der Waals surface area contributed by atoms with Crippen LogP contribution in [0.25, 0.3) is 0 Å². The molecule has 1 heterocycles. The number of carbonyl (C=O) groups is 1. The van der Waals surface area contributed by atoms with Crippen molar-refractivity contribution in [3.63, 3.8) is 0 Å². The van der Waals surface area contributed by atoms with E-state index in [1.807, 2.05) is 0 Å². The summed E-state index contributed by atoms with van der Waals surface area (Å²) >= 11 is 5.94. The first-order chi connectivity index (χ1) is 9.06. The average molecular weight is 281 g/mol. The van der Waals surface area contributed by atoms with Crippen molar-refractivity contribution in [3.05, 3.63) is 41.0 Å². The Morgan fingerprint density at radius 2 is 2.16 bits per heavy atom. The van der Waals surface area contributed by atoms with Crippen LogP contribution in [0.4, 0.5) is 10.5 Å². The van der Waals surface area contributed by atoms with Crippen LogP contribution in [0.15, 0.2) is 28.8 Å². The van der Waals surface area contributed by atoms with Crippen LogP contribution in [0.5, 0.6) is 0 Å². The van der Waals surface area contributed by atoms with Crippen molar-refractivity contribution in [2.24, 2.45) is 0 Å². The number of aryl methyl sites for hydroxylation is 1. The van der Waals surface area contributed by atoms with Crippen molar-refractivity contribution in [2.75, 3.05) is 5.32 Å². The van der Waals surface area contributed by atoms with Crippen LogP contribution >= 0.6 is 11.6 Å². The highest BCUT2D eigenvalue weighted by atomic mass is 35.5. The molecule has 1 aromatic carbocycles. The molecule has 0 aliphatic carbocycles. The van der Waals surface area contributed by atoms with Crippen LogP contribution in [0, 0.1) is 6.92 Å². The minimum Gasteiger partial charge on any atom is -0.340 e. The Hall–Kier alpha value is -2.08. The summed E-state index contributed by atoms with van der Waals surface area (Å²) in [6.07, 6.45) is 0. The van der Waals surface area contributed by atoms with Gasteiger partial charge in [0.05, 0.1) is 16.8 Å². The number of hydrogen-bond donors (Lipinski definition) is 2. The van der Waals surface area contributed by atoms with Crippen molar-refractivity contribution in [2.45, 2.75) is 19.9 Å². The summed E-state index contributed by atoms with van der Waals surface area (Å²) in [7, 11) is 0. The van der Waals surface area contributed by atoms with Gasteiger partial charge in [-0.05, 0) is 19.1 Å². The highest BCUT2D eigenvalue weighted by molar-refractivity contribution is 6.33. The smallest absolute Gasteiger partial charge is 0.319 e. The maximum absolute atomic E-state index is 11.8. The van der Waals surface area contributed by atoms with Crippen molar-refractivity contribution in [1.82, 2.24) is 15.5 Å². The van der Waals surface area contributed by atoms with Crippen LogP contribution in [0.2, 0.25) is 5.02 Å². The molecule has 2 rings (SSSR count). The molecule has 2 aromatic rings. The molecule has 1 unspecified atom stereocenters. The summed E-state index contributed by atoms with van der Waals surface area (Å²) in [5, 5.41) is 9.55. The number of benzene rings is 1. The normalized spacial score (nSPS) is 11.9. The third-order valence-corrected chi connectivity index (χ3v) is 2.73. The van der Waals surface area contributed by atoms with Crippen molar-refractivity contribution in [3.8, 4) is 0 Å². The summed E-state index contributed by atoms with van der Waals surface area (Å²) in [6, 6.07) is 6.24. The van der Waals surface area contributed by atoms with E-state index in [-0.39, 0.29) is 12.1 Å². The minimum atomic E-state index is -0.386. The largest absolute Gasteiger partial charge is 0.340 e. The molecular formula is C12H13ClN4O2. The van der Waals surface area contributed by atoms with E-state index < -0.39 is 0 Å². The lowest BCUT2D eigenvalue weighted by molar-refractivity contribution is 0.248. The van der Waals surface area contributed by atoms with E-state index in [1.54, 1.807) is 38.1 Å². The molecule has 0 aliphatic rings. The Bertz CT molecular complexity index is 585. The summed E-state index contributed by atoms with van der Waals surface area (Å²) in [6.45, 7) is 3.45. The molecule has 0 radical (unpaired) electrons. The summed E-state index contributed by atoms with van der Waals surface area (Å²) in [5.41, 5.74) is 0.540. The van der Waals surface area contributed by atoms with E-state index in [0.29, 0.717) is 22.4 Å². The van der Waals surface area contributed by atoms with Gasteiger partial charge in [0, 0.05) is 6.92 Å². The van der Waals surface area contributed by atoms with Gasteiger partial charge in [-0.3, -0.25) is 0 Å². The molecule has 0 saturated heterocycles. The fraction of sp³-hybridized carbons (Fsp3) is 0.250. The van der Waals surface area contributed by atoms with E-state index in [0.717, 1.165) is 0 Å². The van der Waals surface area contributed by atoms with Gasteiger partial charge < -0.3 is 15.2 Å². The molecule has 19 heavy (non-hydrogen) atoms. The zero-order valence-corrected chi connectivity index (χ0v) is 11.2. The highest BCUT2D eigenvalue weighted by Gasteiger charge is 2.15. The first-order valence-corrected chi connectivity index (χ1v) is 6.06. The van der Waals surface area contributed by atoms with Crippen LogP contribution in [-0.2, 0) is 0 Å². The molecule has 100 valence electrons. The Morgan fingerprint density at radius 3 is 2.79 bits per heavy atom. The van der Waals surface area contributed by atoms with Gasteiger partial charge in [0.2, 0.25) is 5.89 Å².